The molecule has 1 N–H and O–H groups in total. The van der Waals surface area contributed by atoms with Crippen LogP contribution in [0.3, 0.4) is 0 Å². The van der Waals surface area contributed by atoms with Gasteiger partial charge in [0.05, 0.1) is 18.6 Å². The van der Waals surface area contributed by atoms with E-state index < -0.39 is 29.9 Å². The lowest BCUT2D eigenvalue weighted by molar-refractivity contribution is -0.155. The lowest BCUT2D eigenvalue weighted by Crippen LogP contribution is -2.43. The van der Waals surface area contributed by atoms with Crippen LogP contribution in [0.15, 0.2) is 47.1 Å². The smallest absolute Gasteiger partial charge is 0.330 e. The maximum atomic E-state index is 12.5. The largest absolute Gasteiger partial charge is 0.492 e. The summed E-state index contributed by atoms with van der Waals surface area (Å²) in [5.41, 5.74) is 0.495. The number of esters is 1. The Morgan fingerprint density at radius 1 is 1.24 bits per heavy atom. The zero-order valence-electron chi connectivity index (χ0n) is 16.1. The maximum Gasteiger partial charge on any atom is 0.330 e. The van der Waals surface area contributed by atoms with Gasteiger partial charge in [0.2, 0.25) is 5.91 Å². The quantitative estimate of drug-likeness (QED) is 0.691. The van der Waals surface area contributed by atoms with E-state index >= 15 is 0 Å². The van der Waals surface area contributed by atoms with Gasteiger partial charge in [-0.15, -0.1) is 11.8 Å². The summed E-state index contributed by atoms with van der Waals surface area (Å²) in [7, 11) is 0. The fraction of sp³-hybridized carbons (Fsp3) is 0.350. The maximum absolute atomic E-state index is 12.5. The lowest BCUT2D eigenvalue weighted by Gasteiger charge is -2.25. The number of carbonyl (C=O) groups is 3. The summed E-state index contributed by atoms with van der Waals surface area (Å²) in [6, 6.07) is 9.69. The first kappa shape index (κ1) is 20.8. The van der Waals surface area contributed by atoms with E-state index in [-0.39, 0.29) is 5.91 Å². The molecule has 0 bridgehead atoms. The molecule has 1 aromatic carbocycles. The number of furan rings is 1. The number of amides is 2. The van der Waals surface area contributed by atoms with Crippen LogP contribution in [0, 0.1) is 0 Å². The molecule has 0 spiro atoms. The Balaban J connectivity index is 1.59. The van der Waals surface area contributed by atoms with Crippen molar-refractivity contribution in [1.29, 1.82) is 0 Å². The molecule has 9 heteroatoms. The molecule has 0 unspecified atom stereocenters. The van der Waals surface area contributed by atoms with E-state index in [9.17, 15) is 14.4 Å². The number of rotatable bonds is 7. The fourth-order valence-electron chi connectivity index (χ4n) is 2.99. The molecule has 1 saturated heterocycles. The molecule has 0 saturated carbocycles. The highest BCUT2D eigenvalue weighted by Crippen LogP contribution is 2.41. The predicted molar refractivity (Wildman–Crippen MR) is 107 cm³/mol. The minimum Gasteiger partial charge on any atom is -0.492 e. The Morgan fingerprint density at radius 3 is 2.72 bits per heavy atom. The first-order valence-corrected chi connectivity index (χ1v) is 10.2. The molecule has 2 atom stereocenters. The number of hydrogen-bond acceptors (Lipinski definition) is 7. The van der Waals surface area contributed by atoms with Crippen molar-refractivity contribution < 1.29 is 28.3 Å². The van der Waals surface area contributed by atoms with Gasteiger partial charge >= 0.3 is 5.97 Å². The second-order valence-corrected chi connectivity index (χ2v) is 7.34. The van der Waals surface area contributed by atoms with Gasteiger partial charge in [-0.2, -0.15) is 0 Å². The van der Waals surface area contributed by atoms with Gasteiger partial charge in [-0.05, 0) is 31.2 Å². The molecule has 0 aliphatic carbocycles. The highest BCUT2D eigenvalue weighted by Gasteiger charge is 2.43. The molecular weight excluding hydrogens is 396 g/mol. The molecule has 1 aromatic heterocycles. The summed E-state index contributed by atoms with van der Waals surface area (Å²) in [4.78, 5) is 38.3. The third-order valence-corrected chi connectivity index (χ3v) is 5.51. The third-order valence-electron chi connectivity index (χ3n) is 4.23. The zero-order valence-corrected chi connectivity index (χ0v) is 16.9. The van der Waals surface area contributed by atoms with E-state index in [1.165, 1.54) is 29.8 Å². The summed E-state index contributed by atoms with van der Waals surface area (Å²) >= 11 is 1.41. The molecule has 2 aromatic rings. The molecule has 8 nitrogen and oxygen atoms in total. The molecule has 29 heavy (non-hydrogen) atoms. The van der Waals surface area contributed by atoms with Crippen LogP contribution < -0.4 is 10.1 Å². The first-order chi connectivity index (χ1) is 14.0. The van der Waals surface area contributed by atoms with Crippen LogP contribution in [0.1, 0.15) is 25.0 Å². The monoisotopic (exact) mass is 418 g/mol. The third kappa shape index (κ3) is 4.92. The minimum absolute atomic E-state index is 0.270. The van der Waals surface area contributed by atoms with Crippen molar-refractivity contribution in [3.05, 3.63) is 48.4 Å². The molecule has 2 heterocycles. The van der Waals surface area contributed by atoms with Crippen molar-refractivity contribution in [3.8, 4) is 5.75 Å². The SMILES string of the molecule is CCOc1ccccc1NC(=O)COC(=O)[C@@H]1CS[C@H](c2ccco2)N1C(C)=O. The topological polar surface area (TPSA) is 98.1 Å². The van der Waals surface area contributed by atoms with Gasteiger partial charge in [0, 0.05) is 12.7 Å². The van der Waals surface area contributed by atoms with E-state index in [2.05, 4.69) is 5.32 Å². The number of ether oxygens (including phenoxy) is 2. The van der Waals surface area contributed by atoms with Gasteiger partial charge in [0.25, 0.3) is 5.91 Å². The Morgan fingerprint density at radius 2 is 2.03 bits per heavy atom. The lowest BCUT2D eigenvalue weighted by atomic mass is 10.2. The molecule has 0 radical (unpaired) electrons. The second kappa shape index (κ2) is 9.51. The van der Waals surface area contributed by atoms with Gasteiger partial charge < -0.3 is 24.1 Å². The van der Waals surface area contributed by atoms with Crippen LogP contribution in [0.2, 0.25) is 0 Å². The number of nitrogens with zero attached hydrogens (tertiary/aromatic N) is 1. The first-order valence-electron chi connectivity index (χ1n) is 9.13. The average Bonchev–Trinajstić information content (AvgIpc) is 3.37. The Kier molecular flexibility index (Phi) is 6.82. The summed E-state index contributed by atoms with van der Waals surface area (Å²) in [5, 5.41) is 2.27. The van der Waals surface area contributed by atoms with Gasteiger partial charge in [0.15, 0.2) is 6.61 Å². The van der Waals surface area contributed by atoms with Crippen LogP contribution in [0.4, 0.5) is 5.69 Å². The normalized spacial score (nSPS) is 18.3. The van der Waals surface area contributed by atoms with E-state index in [1.54, 1.807) is 36.4 Å². The number of anilines is 1. The van der Waals surface area contributed by atoms with Crippen molar-refractivity contribution >= 4 is 35.2 Å². The molecule has 1 aliphatic heterocycles. The van der Waals surface area contributed by atoms with Crippen molar-refractivity contribution in [2.45, 2.75) is 25.3 Å². The predicted octanol–water partition coefficient (Wildman–Crippen LogP) is 2.82. The second-order valence-electron chi connectivity index (χ2n) is 6.23. The van der Waals surface area contributed by atoms with Crippen LogP contribution in [-0.4, -0.2) is 47.7 Å². The number of nitrogens with one attached hydrogen (secondary N) is 1. The molecule has 3 rings (SSSR count). The van der Waals surface area contributed by atoms with Crippen molar-refractivity contribution in [2.24, 2.45) is 0 Å². The number of benzene rings is 1. The van der Waals surface area contributed by atoms with E-state index in [0.717, 1.165) is 0 Å². The van der Waals surface area contributed by atoms with Crippen molar-refractivity contribution in [3.63, 3.8) is 0 Å². The summed E-state index contributed by atoms with van der Waals surface area (Å²) in [5.74, 6) is 0.0895. The number of hydrogen-bond donors (Lipinski definition) is 1. The van der Waals surface area contributed by atoms with Crippen LogP contribution in [0.5, 0.6) is 5.75 Å². The standard InChI is InChI=1S/C20H22N2O6S/c1-3-26-16-8-5-4-7-14(16)21-18(24)11-28-20(25)15-12-29-19(22(15)13(2)23)17-9-6-10-27-17/h4-10,15,19H,3,11-12H2,1-2H3,(H,21,24)/t15-,19+/m0/s1. The van der Waals surface area contributed by atoms with E-state index in [0.29, 0.717) is 29.6 Å². The number of thioether (sulfide) groups is 1. The average molecular weight is 418 g/mol. The fourth-order valence-corrected chi connectivity index (χ4v) is 4.41. The van der Waals surface area contributed by atoms with Gasteiger partial charge in [-0.3, -0.25) is 9.59 Å². The van der Waals surface area contributed by atoms with Gasteiger partial charge in [-0.25, -0.2) is 4.79 Å². The van der Waals surface area contributed by atoms with Crippen molar-refractivity contribution in [2.75, 3.05) is 24.3 Å². The number of para-hydroxylation sites is 2. The van der Waals surface area contributed by atoms with E-state index in [1.807, 2.05) is 6.92 Å². The Hall–Kier alpha value is -2.94. The molecule has 1 fully saturated rings. The van der Waals surface area contributed by atoms with Gasteiger partial charge in [0.1, 0.15) is 22.9 Å². The highest BCUT2D eigenvalue weighted by molar-refractivity contribution is 7.99. The zero-order chi connectivity index (χ0) is 20.8. The molecular formula is C20H22N2O6S. The summed E-state index contributed by atoms with van der Waals surface area (Å²) < 4.78 is 16.0. The van der Waals surface area contributed by atoms with Crippen LogP contribution >= 0.6 is 11.8 Å². The Labute approximate surface area is 172 Å². The minimum atomic E-state index is -0.781. The van der Waals surface area contributed by atoms with E-state index in [4.69, 9.17) is 13.9 Å². The van der Waals surface area contributed by atoms with Gasteiger partial charge in [-0.1, -0.05) is 12.1 Å². The molecule has 1 aliphatic rings. The van der Waals surface area contributed by atoms with Crippen LogP contribution in [-0.2, 0) is 19.1 Å². The molecule has 154 valence electrons. The summed E-state index contributed by atoms with van der Waals surface area (Å²) in [6.07, 6.45) is 1.52. The highest BCUT2D eigenvalue weighted by atomic mass is 32.2. The summed E-state index contributed by atoms with van der Waals surface area (Å²) in [6.45, 7) is 3.23. The number of carbonyl (C=O) groups excluding carboxylic acids is 3. The van der Waals surface area contributed by atoms with Crippen LogP contribution in [0.25, 0.3) is 0 Å². The Bertz CT molecular complexity index is 870. The molecule has 2 amide bonds. The van der Waals surface area contributed by atoms with Crippen molar-refractivity contribution in [1.82, 2.24) is 4.90 Å².